The third-order valence-corrected chi connectivity index (χ3v) is 7.11. The zero-order valence-corrected chi connectivity index (χ0v) is 19.7. The lowest BCUT2D eigenvalue weighted by Gasteiger charge is -2.37. The van der Waals surface area contributed by atoms with Crippen LogP contribution in [-0.2, 0) is 12.8 Å². The summed E-state index contributed by atoms with van der Waals surface area (Å²) in [6.45, 7) is 6.17. The van der Waals surface area contributed by atoms with E-state index in [1.165, 1.54) is 11.1 Å². The van der Waals surface area contributed by atoms with E-state index in [0.29, 0.717) is 12.0 Å². The highest BCUT2D eigenvalue weighted by Gasteiger charge is 2.33. The summed E-state index contributed by atoms with van der Waals surface area (Å²) in [5.74, 6) is 2.76. The van der Waals surface area contributed by atoms with Crippen LogP contribution in [0.2, 0.25) is 0 Å². The van der Waals surface area contributed by atoms with Gasteiger partial charge in [-0.1, -0.05) is 25.1 Å². The first kappa shape index (κ1) is 22.7. The number of rotatable bonds is 8. The van der Waals surface area contributed by atoms with Gasteiger partial charge < -0.3 is 14.4 Å². The standard InChI is InChI=1S/C27H36N2O3/c1-4-14-29(22-17-23-24(18-22)26(32-3)11-10-25(23)31-2)19-20-12-15-28(16-13-20)27(30)21-8-6-5-7-9-21/h5-11,20,22H,4,12-19H2,1-3H3. The van der Waals surface area contributed by atoms with Crippen molar-refractivity contribution in [1.29, 1.82) is 0 Å². The zero-order valence-electron chi connectivity index (χ0n) is 19.7. The van der Waals surface area contributed by atoms with Crippen LogP contribution in [0, 0.1) is 5.92 Å². The van der Waals surface area contributed by atoms with Crippen LogP contribution < -0.4 is 9.47 Å². The highest BCUT2D eigenvalue weighted by atomic mass is 16.5. The first-order valence-corrected chi connectivity index (χ1v) is 12.0. The number of hydrogen-bond donors (Lipinski definition) is 0. The topological polar surface area (TPSA) is 42.0 Å². The van der Waals surface area contributed by atoms with Gasteiger partial charge in [0.1, 0.15) is 11.5 Å². The van der Waals surface area contributed by atoms with Gasteiger partial charge in [-0.25, -0.2) is 0 Å². The number of nitrogens with zero attached hydrogens (tertiary/aromatic N) is 2. The lowest BCUT2D eigenvalue weighted by atomic mass is 9.94. The molecule has 2 aromatic rings. The van der Waals surface area contributed by atoms with Gasteiger partial charge in [-0.3, -0.25) is 9.69 Å². The smallest absolute Gasteiger partial charge is 0.253 e. The summed E-state index contributed by atoms with van der Waals surface area (Å²) < 4.78 is 11.3. The van der Waals surface area contributed by atoms with Crippen molar-refractivity contribution in [2.75, 3.05) is 40.4 Å². The Labute approximate surface area is 192 Å². The maximum Gasteiger partial charge on any atom is 0.253 e. The molecule has 2 aliphatic rings. The largest absolute Gasteiger partial charge is 0.496 e. The number of benzene rings is 2. The van der Waals surface area contributed by atoms with E-state index in [9.17, 15) is 4.79 Å². The number of carbonyl (C=O) groups is 1. The maximum absolute atomic E-state index is 12.8. The van der Waals surface area contributed by atoms with Gasteiger partial charge in [0.15, 0.2) is 0 Å². The van der Waals surface area contributed by atoms with E-state index in [-0.39, 0.29) is 5.91 Å². The molecule has 4 rings (SSSR count). The van der Waals surface area contributed by atoms with Crippen LogP contribution in [0.5, 0.6) is 11.5 Å². The van der Waals surface area contributed by atoms with Crippen molar-refractivity contribution in [1.82, 2.24) is 9.80 Å². The SMILES string of the molecule is CCCN(CC1CCN(C(=O)c2ccccc2)CC1)C1Cc2c(OC)ccc(OC)c2C1. The molecule has 1 saturated heterocycles. The number of methoxy groups -OCH3 is 2. The van der Waals surface area contributed by atoms with Crippen LogP contribution in [0.15, 0.2) is 42.5 Å². The summed E-state index contributed by atoms with van der Waals surface area (Å²) in [6.07, 6.45) is 5.32. The second-order valence-corrected chi connectivity index (χ2v) is 9.09. The molecule has 0 atom stereocenters. The van der Waals surface area contributed by atoms with E-state index < -0.39 is 0 Å². The third kappa shape index (κ3) is 4.78. The Morgan fingerprint density at radius 3 is 2.09 bits per heavy atom. The van der Waals surface area contributed by atoms with Crippen LogP contribution >= 0.6 is 0 Å². The predicted octanol–water partition coefficient (Wildman–Crippen LogP) is 4.44. The first-order valence-electron chi connectivity index (χ1n) is 12.0. The molecule has 2 aromatic carbocycles. The summed E-state index contributed by atoms with van der Waals surface area (Å²) in [7, 11) is 3.51. The Morgan fingerprint density at radius 2 is 1.56 bits per heavy atom. The molecular weight excluding hydrogens is 400 g/mol. The Hall–Kier alpha value is -2.53. The van der Waals surface area contributed by atoms with E-state index in [1.807, 2.05) is 47.4 Å². The lowest BCUT2D eigenvalue weighted by molar-refractivity contribution is 0.0649. The van der Waals surface area contributed by atoms with Crippen LogP contribution in [-0.4, -0.2) is 62.1 Å². The van der Waals surface area contributed by atoms with Gasteiger partial charge in [-0.05, 0) is 68.8 Å². The molecule has 1 aliphatic heterocycles. The second kappa shape index (κ2) is 10.4. The molecule has 0 spiro atoms. The number of ether oxygens (including phenoxy) is 2. The van der Waals surface area contributed by atoms with E-state index in [1.54, 1.807) is 14.2 Å². The predicted molar refractivity (Wildman–Crippen MR) is 128 cm³/mol. The van der Waals surface area contributed by atoms with Crippen molar-refractivity contribution >= 4 is 5.91 Å². The fraction of sp³-hybridized carbons (Fsp3) is 0.519. The normalized spacial score (nSPS) is 16.9. The van der Waals surface area contributed by atoms with Crippen LogP contribution in [0.3, 0.4) is 0 Å². The van der Waals surface area contributed by atoms with E-state index in [0.717, 1.165) is 75.3 Å². The van der Waals surface area contributed by atoms with Gasteiger partial charge in [0.25, 0.3) is 5.91 Å². The number of fused-ring (bicyclic) bond motifs is 1. The Kier molecular flexibility index (Phi) is 7.36. The van der Waals surface area contributed by atoms with E-state index >= 15 is 0 Å². The lowest BCUT2D eigenvalue weighted by Crippen LogP contribution is -2.44. The van der Waals surface area contributed by atoms with Crippen LogP contribution in [0.25, 0.3) is 0 Å². The highest BCUT2D eigenvalue weighted by molar-refractivity contribution is 5.94. The van der Waals surface area contributed by atoms with Crippen LogP contribution in [0.1, 0.15) is 47.7 Å². The maximum atomic E-state index is 12.8. The quantitative estimate of drug-likeness (QED) is 0.614. The molecule has 5 nitrogen and oxygen atoms in total. The summed E-state index contributed by atoms with van der Waals surface area (Å²) in [4.78, 5) is 17.5. The van der Waals surface area contributed by atoms with Crippen molar-refractivity contribution in [3.63, 3.8) is 0 Å². The van der Waals surface area contributed by atoms with Crippen molar-refractivity contribution < 1.29 is 14.3 Å². The summed E-state index contributed by atoms with van der Waals surface area (Å²) >= 11 is 0. The number of amides is 1. The molecule has 0 bridgehead atoms. The van der Waals surface area contributed by atoms with Gasteiger partial charge >= 0.3 is 0 Å². The Bertz CT molecular complexity index is 874. The van der Waals surface area contributed by atoms with E-state index in [4.69, 9.17) is 9.47 Å². The average Bonchev–Trinajstić information content (AvgIpc) is 3.29. The molecule has 0 N–H and O–H groups in total. The van der Waals surface area contributed by atoms with Crippen molar-refractivity contribution in [3.05, 3.63) is 59.2 Å². The first-order chi connectivity index (χ1) is 15.6. The summed E-state index contributed by atoms with van der Waals surface area (Å²) in [5.41, 5.74) is 3.41. The fourth-order valence-corrected chi connectivity index (χ4v) is 5.41. The number of likely N-dealkylation sites (tertiary alicyclic amines) is 1. The molecule has 1 aliphatic carbocycles. The van der Waals surface area contributed by atoms with Crippen molar-refractivity contribution in [3.8, 4) is 11.5 Å². The van der Waals surface area contributed by atoms with Crippen molar-refractivity contribution in [2.45, 2.75) is 45.1 Å². The minimum atomic E-state index is 0.167. The van der Waals surface area contributed by atoms with Crippen molar-refractivity contribution in [2.24, 2.45) is 5.92 Å². The molecule has 1 heterocycles. The third-order valence-electron chi connectivity index (χ3n) is 7.11. The average molecular weight is 437 g/mol. The summed E-state index contributed by atoms with van der Waals surface area (Å²) in [6, 6.07) is 14.2. The molecule has 0 unspecified atom stereocenters. The minimum Gasteiger partial charge on any atom is -0.496 e. The molecule has 0 saturated carbocycles. The zero-order chi connectivity index (χ0) is 22.5. The van der Waals surface area contributed by atoms with Gasteiger partial charge in [-0.15, -0.1) is 0 Å². The molecule has 32 heavy (non-hydrogen) atoms. The molecule has 5 heteroatoms. The minimum absolute atomic E-state index is 0.167. The molecular formula is C27H36N2O3. The molecule has 172 valence electrons. The van der Waals surface area contributed by atoms with Crippen LogP contribution in [0.4, 0.5) is 0 Å². The van der Waals surface area contributed by atoms with Gasteiger partial charge in [0.2, 0.25) is 0 Å². The van der Waals surface area contributed by atoms with E-state index in [2.05, 4.69) is 11.8 Å². The number of hydrogen-bond acceptors (Lipinski definition) is 4. The molecule has 0 aromatic heterocycles. The Morgan fingerprint density at radius 1 is 0.969 bits per heavy atom. The van der Waals surface area contributed by atoms with Gasteiger partial charge in [0, 0.05) is 42.4 Å². The molecule has 1 fully saturated rings. The molecule has 0 radical (unpaired) electrons. The number of piperidine rings is 1. The Balaban J connectivity index is 1.38. The second-order valence-electron chi connectivity index (χ2n) is 9.09. The highest BCUT2D eigenvalue weighted by Crippen LogP contribution is 2.39. The monoisotopic (exact) mass is 436 g/mol. The fourth-order valence-electron chi connectivity index (χ4n) is 5.41. The summed E-state index contributed by atoms with van der Waals surface area (Å²) in [5, 5.41) is 0. The van der Waals surface area contributed by atoms with Gasteiger partial charge in [-0.2, -0.15) is 0 Å². The van der Waals surface area contributed by atoms with Gasteiger partial charge in [0.05, 0.1) is 14.2 Å². The number of carbonyl (C=O) groups excluding carboxylic acids is 1. The molecule has 1 amide bonds.